The van der Waals surface area contributed by atoms with E-state index in [4.69, 9.17) is 16.3 Å². The Balaban J connectivity index is 1.45. The molecule has 0 fully saturated rings. The Morgan fingerprint density at radius 1 is 0.771 bits per heavy atom. The van der Waals surface area contributed by atoms with Crippen molar-refractivity contribution in [3.63, 3.8) is 0 Å². The second-order valence-electron chi connectivity index (χ2n) is 8.25. The molecular weight excluding hydrogens is 462 g/mol. The first-order valence-electron chi connectivity index (χ1n) is 11.0. The van der Waals surface area contributed by atoms with E-state index in [1.165, 1.54) is 18.2 Å². The van der Waals surface area contributed by atoms with Crippen molar-refractivity contribution < 1.29 is 19.1 Å². The summed E-state index contributed by atoms with van der Waals surface area (Å²) >= 11 is 6.20. The molecule has 1 aliphatic heterocycles. The van der Waals surface area contributed by atoms with Crippen LogP contribution < -0.4 is 4.90 Å². The van der Waals surface area contributed by atoms with Gasteiger partial charge in [0.25, 0.3) is 11.8 Å². The van der Waals surface area contributed by atoms with Gasteiger partial charge in [0.2, 0.25) is 0 Å². The maximum absolute atomic E-state index is 13.2. The van der Waals surface area contributed by atoms with Crippen LogP contribution in [0.4, 0.5) is 5.69 Å². The molecule has 0 saturated heterocycles. The predicted octanol–water partition coefficient (Wildman–Crippen LogP) is 6.40. The van der Waals surface area contributed by atoms with Crippen LogP contribution in [0.3, 0.4) is 0 Å². The zero-order chi connectivity index (χ0) is 24.5. The van der Waals surface area contributed by atoms with Crippen molar-refractivity contribution in [1.29, 1.82) is 0 Å². The minimum Gasteiger partial charge on any atom is -0.449 e. The molecule has 6 heteroatoms. The SMILES string of the molecule is Cc1ccc(N2C(=O)c3ccc(C(=O)OC(c4ccccc4)c4ccccc4)cc3C2=O)cc1Cl. The smallest absolute Gasteiger partial charge is 0.339 e. The largest absolute Gasteiger partial charge is 0.449 e. The van der Waals surface area contributed by atoms with Crippen LogP contribution in [-0.4, -0.2) is 17.8 Å². The molecule has 0 aromatic heterocycles. The van der Waals surface area contributed by atoms with Crippen molar-refractivity contribution in [1.82, 2.24) is 0 Å². The number of amides is 2. The van der Waals surface area contributed by atoms with E-state index >= 15 is 0 Å². The topological polar surface area (TPSA) is 63.7 Å². The Morgan fingerprint density at radius 3 is 1.97 bits per heavy atom. The van der Waals surface area contributed by atoms with Crippen LogP contribution in [-0.2, 0) is 4.74 Å². The summed E-state index contributed by atoms with van der Waals surface area (Å²) in [5.74, 6) is -1.57. The van der Waals surface area contributed by atoms with Crippen LogP contribution in [0.2, 0.25) is 5.02 Å². The quantitative estimate of drug-likeness (QED) is 0.244. The number of hydrogen-bond donors (Lipinski definition) is 0. The van der Waals surface area contributed by atoms with Crippen molar-refractivity contribution in [2.45, 2.75) is 13.0 Å². The van der Waals surface area contributed by atoms with Gasteiger partial charge in [-0.15, -0.1) is 0 Å². The fourth-order valence-electron chi connectivity index (χ4n) is 4.08. The number of halogens is 1. The Bertz CT molecular complexity index is 1410. The number of benzene rings is 4. The summed E-state index contributed by atoms with van der Waals surface area (Å²) < 4.78 is 5.90. The number of aryl methyl sites for hydroxylation is 1. The Hall–Kier alpha value is -4.22. The zero-order valence-electron chi connectivity index (χ0n) is 18.8. The highest BCUT2D eigenvalue weighted by atomic mass is 35.5. The molecule has 4 aromatic carbocycles. The first kappa shape index (κ1) is 22.6. The van der Waals surface area contributed by atoms with E-state index in [1.807, 2.05) is 67.6 Å². The lowest BCUT2D eigenvalue weighted by Crippen LogP contribution is -2.29. The van der Waals surface area contributed by atoms with E-state index < -0.39 is 23.9 Å². The molecule has 1 aliphatic rings. The van der Waals surface area contributed by atoms with Gasteiger partial charge in [-0.05, 0) is 53.9 Å². The summed E-state index contributed by atoms with van der Waals surface area (Å²) in [4.78, 5) is 40.4. The van der Waals surface area contributed by atoms with Gasteiger partial charge >= 0.3 is 5.97 Å². The van der Waals surface area contributed by atoms with Gasteiger partial charge in [0, 0.05) is 5.02 Å². The molecule has 1 heterocycles. The second kappa shape index (κ2) is 9.20. The number of imide groups is 1. The lowest BCUT2D eigenvalue weighted by molar-refractivity contribution is 0.0378. The molecule has 4 aromatic rings. The number of carbonyl (C=O) groups is 3. The minimum atomic E-state index is -0.623. The van der Waals surface area contributed by atoms with Gasteiger partial charge in [-0.3, -0.25) is 9.59 Å². The molecule has 0 unspecified atom stereocenters. The van der Waals surface area contributed by atoms with E-state index in [0.29, 0.717) is 10.7 Å². The zero-order valence-corrected chi connectivity index (χ0v) is 19.5. The van der Waals surface area contributed by atoms with Gasteiger partial charge < -0.3 is 4.74 Å². The highest BCUT2D eigenvalue weighted by molar-refractivity contribution is 6.36. The number of fused-ring (bicyclic) bond motifs is 1. The molecule has 0 radical (unpaired) electrons. The lowest BCUT2D eigenvalue weighted by atomic mass is 10.0. The van der Waals surface area contributed by atoms with Gasteiger partial charge in [0.1, 0.15) is 0 Å². The minimum absolute atomic E-state index is 0.150. The third-order valence-corrected chi connectivity index (χ3v) is 6.37. The Kier molecular flexibility index (Phi) is 5.93. The average Bonchev–Trinajstić information content (AvgIpc) is 3.14. The van der Waals surface area contributed by atoms with Crippen molar-refractivity contribution in [2.75, 3.05) is 4.90 Å². The number of anilines is 1. The standard InChI is InChI=1S/C29H20ClNO4/c1-18-12-14-22(17-25(18)30)31-27(32)23-15-13-21(16-24(23)28(31)33)29(34)35-26(19-8-4-2-5-9-19)20-10-6-3-7-11-20/h2-17,26H,1H3. The van der Waals surface area contributed by atoms with Crippen LogP contribution in [0.5, 0.6) is 0 Å². The summed E-state index contributed by atoms with van der Waals surface area (Å²) in [5, 5.41) is 0.455. The summed E-state index contributed by atoms with van der Waals surface area (Å²) in [6.07, 6.45) is -0.623. The fourth-order valence-corrected chi connectivity index (χ4v) is 4.26. The molecular formula is C29H20ClNO4. The highest BCUT2D eigenvalue weighted by Gasteiger charge is 2.37. The van der Waals surface area contributed by atoms with Crippen LogP contribution in [0.25, 0.3) is 0 Å². The number of rotatable bonds is 5. The molecule has 0 aliphatic carbocycles. The maximum Gasteiger partial charge on any atom is 0.339 e. The van der Waals surface area contributed by atoms with E-state index in [2.05, 4.69) is 0 Å². The number of esters is 1. The summed E-state index contributed by atoms with van der Waals surface area (Å²) in [6.45, 7) is 1.84. The molecule has 172 valence electrons. The normalized spacial score (nSPS) is 12.7. The Morgan fingerprint density at radius 2 is 1.37 bits per heavy atom. The summed E-state index contributed by atoms with van der Waals surface area (Å²) in [5.41, 5.74) is 3.42. The molecule has 0 bridgehead atoms. The Labute approximate surface area is 207 Å². The number of ether oxygens (including phenoxy) is 1. The van der Waals surface area contributed by atoms with E-state index in [9.17, 15) is 14.4 Å². The predicted molar refractivity (Wildman–Crippen MR) is 134 cm³/mol. The molecule has 0 spiro atoms. The number of hydrogen-bond acceptors (Lipinski definition) is 4. The van der Waals surface area contributed by atoms with Crippen molar-refractivity contribution >= 4 is 35.1 Å². The van der Waals surface area contributed by atoms with Gasteiger partial charge in [0.05, 0.1) is 22.4 Å². The van der Waals surface area contributed by atoms with Gasteiger partial charge in [0.15, 0.2) is 6.10 Å². The first-order valence-corrected chi connectivity index (χ1v) is 11.4. The molecule has 2 amide bonds. The van der Waals surface area contributed by atoms with Crippen LogP contribution in [0, 0.1) is 6.92 Å². The second-order valence-corrected chi connectivity index (χ2v) is 8.65. The van der Waals surface area contributed by atoms with Crippen molar-refractivity contribution in [2.24, 2.45) is 0 Å². The van der Waals surface area contributed by atoms with Gasteiger partial charge in [-0.2, -0.15) is 0 Å². The molecule has 0 atom stereocenters. The summed E-state index contributed by atoms with van der Waals surface area (Å²) in [6, 6.07) is 28.3. The van der Waals surface area contributed by atoms with Crippen LogP contribution in [0.1, 0.15) is 53.9 Å². The molecule has 5 rings (SSSR count). The molecule has 5 nitrogen and oxygen atoms in total. The summed E-state index contributed by atoms with van der Waals surface area (Å²) in [7, 11) is 0. The van der Waals surface area contributed by atoms with Gasteiger partial charge in [-0.1, -0.05) is 78.3 Å². The van der Waals surface area contributed by atoms with Crippen molar-refractivity contribution in [3.8, 4) is 0 Å². The maximum atomic E-state index is 13.2. The van der Waals surface area contributed by atoms with E-state index in [0.717, 1.165) is 21.6 Å². The van der Waals surface area contributed by atoms with Gasteiger partial charge in [-0.25, -0.2) is 9.69 Å². The third-order valence-electron chi connectivity index (χ3n) is 5.97. The first-order chi connectivity index (χ1) is 16.9. The fraction of sp³-hybridized carbons (Fsp3) is 0.0690. The highest BCUT2D eigenvalue weighted by Crippen LogP contribution is 2.32. The molecule has 0 N–H and O–H groups in total. The van der Waals surface area contributed by atoms with Crippen LogP contribution >= 0.6 is 11.6 Å². The van der Waals surface area contributed by atoms with Crippen LogP contribution in [0.15, 0.2) is 97.1 Å². The van der Waals surface area contributed by atoms with E-state index in [-0.39, 0.29) is 16.7 Å². The van der Waals surface area contributed by atoms with Crippen molar-refractivity contribution in [3.05, 3.63) is 135 Å². The average molecular weight is 482 g/mol. The van der Waals surface area contributed by atoms with E-state index in [1.54, 1.807) is 18.2 Å². The number of nitrogens with zero attached hydrogens (tertiary/aromatic N) is 1. The molecule has 35 heavy (non-hydrogen) atoms. The monoisotopic (exact) mass is 481 g/mol. The lowest BCUT2D eigenvalue weighted by Gasteiger charge is -2.19. The molecule has 0 saturated carbocycles. The third kappa shape index (κ3) is 4.22. The number of carbonyl (C=O) groups excluding carboxylic acids is 3.